The first-order valence-electron chi connectivity index (χ1n) is 6.92. The summed E-state index contributed by atoms with van der Waals surface area (Å²) in [6.45, 7) is 13.4. The first kappa shape index (κ1) is 15.7. The number of hydrogen-bond acceptors (Lipinski definition) is 3. The second-order valence-electron chi connectivity index (χ2n) is 5.47. The topological polar surface area (TPSA) is 15.3 Å². The molecule has 3 heteroatoms. The number of nitrogens with zero attached hydrogens (tertiary/aromatic N) is 1. The highest BCUT2D eigenvalue weighted by Crippen LogP contribution is 2.25. The summed E-state index contributed by atoms with van der Waals surface area (Å²) in [6.07, 6.45) is 1.21. The van der Waals surface area contributed by atoms with Gasteiger partial charge >= 0.3 is 0 Å². The molecule has 1 atom stereocenters. The molecule has 1 rings (SSSR count). The molecular formula is C15H28N2S. The van der Waals surface area contributed by atoms with Crippen molar-refractivity contribution in [1.29, 1.82) is 0 Å². The molecule has 1 N–H and O–H groups in total. The van der Waals surface area contributed by atoms with Gasteiger partial charge in [-0.25, -0.2) is 0 Å². The zero-order valence-corrected chi connectivity index (χ0v) is 13.5. The quantitative estimate of drug-likeness (QED) is 0.758. The van der Waals surface area contributed by atoms with Crippen molar-refractivity contribution in [3.8, 4) is 0 Å². The van der Waals surface area contributed by atoms with Crippen LogP contribution < -0.4 is 5.32 Å². The van der Waals surface area contributed by atoms with Gasteiger partial charge in [0.2, 0.25) is 0 Å². The smallest absolute Gasteiger partial charge is 0.0302 e. The Bertz CT molecular complexity index is 357. The average molecular weight is 268 g/mol. The van der Waals surface area contributed by atoms with E-state index in [0.29, 0.717) is 12.1 Å². The molecule has 1 aromatic rings. The fourth-order valence-corrected chi connectivity index (χ4v) is 3.12. The predicted molar refractivity (Wildman–Crippen MR) is 82.6 cm³/mol. The van der Waals surface area contributed by atoms with E-state index < -0.39 is 0 Å². The summed E-state index contributed by atoms with van der Waals surface area (Å²) in [6, 6.07) is 3.43. The second kappa shape index (κ2) is 7.27. The molecule has 104 valence electrons. The lowest BCUT2D eigenvalue weighted by atomic mass is 10.1. The van der Waals surface area contributed by atoms with Crippen LogP contribution in [0.15, 0.2) is 6.07 Å². The van der Waals surface area contributed by atoms with Gasteiger partial charge in [-0.15, -0.1) is 11.3 Å². The van der Waals surface area contributed by atoms with Crippen molar-refractivity contribution in [2.75, 3.05) is 20.1 Å². The fraction of sp³-hybridized carbons (Fsp3) is 0.733. The van der Waals surface area contributed by atoms with Gasteiger partial charge in [0.25, 0.3) is 0 Å². The Morgan fingerprint density at radius 2 is 1.94 bits per heavy atom. The van der Waals surface area contributed by atoms with Crippen LogP contribution in [-0.4, -0.2) is 31.1 Å². The Kier molecular flexibility index (Phi) is 6.33. The van der Waals surface area contributed by atoms with Gasteiger partial charge in [-0.05, 0) is 72.8 Å². The largest absolute Gasteiger partial charge is 0.310 e. The summed E-state index contributed by atoms with van der Waals surface area (Å²) in [5.41, 5.74) is 1.47. The third-order valence-electron chi connectivity index (χ3n) is 3.57. The van der Waals surface area contributed by atoms with Crippen molar-refractivity contribution in [1.82, 2.24) is 10.2 Å². The maximum Gasteiger partial charge on any atom is 0.0302 e. The highest BCUT2D eigenvalue weighted by molar-refractivity contribution is 7.12. The van der Waals surface area contributed by atoms with E-state index >= 15 is 0 Å². The molecule has 0 spiro atoms. The molecule has 0 aliphatic heterocycles. The molecule has 0 aromatic carbocycles. The van der Waals surface area contributed by atoms with Gasteiger partial charge in [0.05, 0.1) is 0 Å². The summed E-state index contributed by atoms with van der Waals surface area (Å²) < 4.78 is 0. The van der Waals surface area contributed by atoms with Gasteiger partial charge < -0.3 is 10.2 Å². The molecule has 0 fully saturated rings. The highest BCUT2D eigenvalue weighted by Gasteiger charge is 2.10. The average Bonchev–Trinajstić information content (AvgIpc) is 2.63. The zero-order chi connectivity index (χ0) is 13.7. The lowest BCUT2D eigenvalue weighted by Gasteiger charge is -2.21. The Morgan fingerprint density at radius 3 is 2.44 bits per heavy atom. The molecule has 1 heterocycles. The van der Waals surface area contributed by atoms with E-state index in [9.17, 15) is 0 Å². The molecule has 0 saturated carbocycles. The van der Waals surface area contributed by atoms with Crippen molar-refractivity contribution >= 4 is 11.3 Å². The lowest BCUT2D eigenvalue weighted by molar-refractivity contribution is 0.268. The van der Waals surface area contributed by atoms with Crippen LogP contribution >= 0.6 is 11.3 Å². The van der Waals surface area contributed by atoms with Gasteiger partial charge in [0.1, 0.15) is 0 Å². The van der Waals surface area contributed by atoms with Crippen LogP contribution in [0.5, 0.6) is 0 Å². The van der Waals surface area contributed by atoms with Crippen LogP contribution in [0, 0.1) is 13.8 Å². The first-order chi connectivity index (χ1) is 8.41. The van der Waals surface area contributed by atoms with Crippen LogP contribution in [0.4, 0.5) is 0 Å². The van der Waals surface area contributed by atoms with Crippen LogP contribution in [0.25, 0.3) is 0 Å². The van der Waals surface area contributed by atoms with E-state index in [1.54, 1.807) is 0 Å². The van der Waals surface area contributed by atoms with Crippen molar-refractivity contribution in [3.63, 3.8) is 0 Å². The molecular weight excluding hydrogens is 240 g/mol. The number of hydrogen-bond donors (Lipinski definition) is 1. The maximum atomic E-state index is 3.63. The van der Waals surface area contributed by atoms with E-state index in [0.717, 1.165) is 6.54 Å². The Labute approximate surface area is 116 Å². The van der Waals surface area contributed by atoms with E-state index in [1.807, 2.05) is 11.3 Å². The van der Waals surface area contributed by atoms with E-state index in [2.05, 4.69) is 57.9 Å². The monoisotopic (exact) mass is 268 g/mol. The standard InChI is InChI=1S/C15H28N2S/c1-11(2)17(6)9-7-8-16-13(4)15-10-12(3)18-14(15)5/h10-11,13,16H,7-9H2,1-6H3. The van der Waals surface area contributed by atoms with Gasteiger partial charge in [-0.1, -0.05) is 0 Å². The molecule has 0 aliphatic carbocycles. The van der Waals surface area contributed by atoms with E-state index in [-0.39, 0.29) is 0 Å². The molecule has 18 heavy (non-hydrogen) atoms. The summed E-state index contributed by atoms with van der Waals surface area (Å²) >= 11 is 1.90. The van der Waals surface area contributed by atoms with Crippen molar-refractivity contribution < 1.29 is 0 Å². The number of nitrogens with one attached hydrogen (secondary N) is 1. The van der Waals surface area contributed by atoms with Crippen molar-refractivity contribution in [2.45, 2.75) is 53.1 Å². The van der Waals surface area contributed by atoms with Gasteiger partial charge in [0.15, 0.2) is 0 Å². The lowest BCUT2D eigenvalue weighted by Crippen LogP contribution is -2.30. The SMILES string of the molecule is Cc1cc(C(C)NCCCN(C)C(C)C)c(C)s1. The summed E-state index contributed by atoms with van der Waals surface area (Å²) in [7, 11) is 2.19. The molecule has 0 amide bonds. The normalized spacial score (nSPS) is 13.6. The van der Waals surface area contributed by atoms with Gasteiger partial charge in [-0.2, -0.15) is 0 Å². The fourth-order valence-electron chi connectivity index (χ4n) is 2.10. The third-order valence-corrected chi connectivity index (χ3v) is 4.55. The molecule has 0 aliphatic rings. The minimum atomic E-state index is 0.472. The minimum absolute atomic E-state index is 0.472. The molecule has 1 aromatic heterocycles. The van der Waals surface area contributed by atoms with Crippen molar-refractivity contribution in [3.05, 3.63) is 21.4 Å². The number of aryl methyl sites for hydroxylation is 2. The van der Waals surface area contributed by atoms with Crippen LogP contribution in [0.2, 0.25) is 0 Å². The third kappa shape index (κ3) is 4.71. The summed E-state index contributed by atoms with van der Waals surface area (Å²) in [4.78, 5) is 5.26. The molecule has 0 saturated heterocycles. The molecule has 0 radical (unpaired) electrons. The molecule has 2 nitrogen and oxygen atoms in total. The summed E-state index contributed by atoms with van der Waals surface area (Å²) in [5, 5.41) is 3.63. The highest BCUT2D eigenvalue weighted by atomic mass is 32.1. The Balaban J connectivity index is 2.29. The maximum absolute atomic E-state index is 3.63. The molecule has 0 bridgehead atoms. The number of thiophene rings is 1. The van der Waals surface area contributed by atoms with Gasteiger partial charge in [-0.3, -0.25) is 0 Å². The Hall–Kier alpha value is -0.380. The van der Waals surface area contributed by atoms with E-state index in [4.69, 9.17) is 0 Å². The van der Waals surface area contributed by atoms with Crippen LogP contribution in [-0.2, 0) is 0 Å². The van der Waals surface area contributed by atoms with Crippen molar-refractivity contribution in [2.24, 2.45) is 0 Å². The summed E-state index contributed by atoms with van der Waals surface area (Å²) in [5.74, 6) is 0. The second-order valence-corrected chi connectivity index (χ2v) is 6.93. The molecule has 1 unspecified atom stereocenters. The Morgan fingerprint density at radius 1 is 1.28 bits per heavy atom. The zero-order valence-electron chi connectivity index (χ0n) is 12.7. The van der Waals surface area contributed by atoms with E-state index in [1.165, 1.54) is 28.3 Å². The van der Waals surface area contributed by atoms with Crippen LogP contribution in [0.1, 0.15) is 48.6 Å². The minimum Gasteiger partial charge on any atom is -0.310 e. The number of rotatable bonds is 7. The van der Waals surface area contributed by atoms with Crippen LogP contribution in [0.3, 0.4) is 0 Å². The first-order valence-corrected chi connectivity index (χ1v) is 7.74. The van der Waals surface area contributed by atoms with Gasteiger partial charge in [0, 0.05) is 21.8 Å². The predicted octanol–water partition coefficient (Wildman–Crippen LogP) is 3.75.